The van der Waals surface area contributed by atoms with Gasteiger partial charge in [-0.3, -0.25) is 0 Å². The summed E-state index contributed by atoms with van der Waals surface area (Å²) in [4.78, 5) is 11.7. The number of carbonyl (C=O) groups is 1. The fraction of sp³-hybridized carbons (Fsp3) is 0.353. The molecule has 0 spiro atoms. The lowest BCUT2D eigenvalue weighted by Crippen LogP contribution is -2.26. The minimum Gasteiger partial charge on any atom is -0.442 e. The van der Waals surface area contributed by atoms with Gasteiger partial charge in [0.15, 0.2) is 0 Å². The summed E-state index contributed by atoms with van der Waals surface area (Å²) < 4.78 is 21.5. The number of hydrogen-bond acceptors (Lipinski definition) is 5. The molecular formula is C17H18FN5O2. The van der Waals surface area contributed by atoms with Crippen LogP contribution < -0.4 is 10.6 Å². The Morgan fingerprint density at radius 1 is 1.40 bits per heavy atom. The summed E-state index contributed by atoms with van der Waals surface area (Å²) in [5.74, 6) is -0.286. The van der Waals surface area contributed by atoms with Gasteiger partial charge in [-0.15, -0.1) is 5.10 Å². The molecule has 0 saturated carbocycles. The summed E-state index contributed by atoms with van der Waals surface area (Å²) in [6.07, 6.45) is 5.07. The number of aromatic nitrogens is 3. The van der Waals surface area contributed by atoms with Crippen molar-refractivity contribution in [3.63, 3.8) is 0 Å². The number of halogens is 1. The third kappa shape index (κ3) is 3.25. The van der Waals surface area contributed by atoms with Crippen LogP contribution in [0.2, 0.25) is 0 Å². The molecule has 2 atom stereocenters. The summed E-state index contributed by atoms with van der Waals surface area (Å²) >= 11 is 0. The van der Waals surface area contributed by atoms with Crippen LogP contribution in [-0.4, -0.2) is 40.3 Å². The molecule has 0 aliphatic carbocycles. The Kier molecular flexibility index (Phi) is 4.19. The van der Waals surface area contributed by atoms with E-state index in [2.05, 4.69) is 20.9 Å². The zero-order valence-electron chi connectivity index (χ0n) is 13.5. The summed E-state index contributed by atoms with van der Waals surface area (Å²) in [5.41, 5.74) is 2.30. The summed E-state index contributed by atoms with van der Waals surface area (Å²) in [7, 11) is 0. The second-order valence-electron chi connectivity index (χ2n) is 6.11. The second kappa shape index (κ2) is 6.64. The molecule has 1 saturated heterocycles. The van der Waals surface area contributed by atoms with E-state index in [1.165, 1.54) is 6.07 Å². The fourth-order valence-corrected chi connectivity index (χ4v) is 3.27. The minimum atomic E-state index is -0.513. The van der Waals surface area contributed by atoms with Crippen LogP contribution >= 0.6 is 0 Å². The van der Waals surface area contributed by atoms with Gasteiger partial charge < -0.3 is 15.4 Å². The van der Waals surface area contributed by atoms with Gasteiger partial charge in [-0.25, -0.2) is 13.9 Å². The van der Waals surface area contributed by atoms with Crippen LogP contribution in [0.3, 0.4) is 0 Å². The molecule has 1 fully saturated rings. The highest BCUT2D eigenvalue weighted by Crippen LogP contribution is 2.30. The molecule has 0 radical (unpaired) electrons. The van der Waals surface area contributed by atoms with Gasteiger partial charge in [-0.05, 0) is 30.2 Å². The number of alkyl carbamates (subject to hydrolysis) is 1. The number of rotatable bonds is 4. The number of ether oxygens (including phenoxy) is 1. The molecular weight excluding hydrogens is 325 g/mol. The van der Waals surface area contributed by atoms with Crippen LogP contribution in [0.4, 0.5) is 9.18 Å². The first-order valence-electron chi connectivity index (χ1n) is 8.21. The van der Waals surface area contributed by atoms with Gasteiger partial charge in [0.25, 0.3) is 0 Å². The SMILES string of the molecule is O=C1NC(c2ccc(C3=CCNCC3)c(F)c2)[C@@H](Cn2ccnn2)O1. The average Bonchev–Trinajstić information content (AvgIpc) is 3.25. The molecule has 2 N–H and O–H groups in total. The van der Waals surface area contributed by atoms with Crippen LogP contribution in [0.5, 0.6) is 0 Å². The molecule has 1 aromatic carbocycles. The van der Waals surface area contributed by atoms with E-state index in [1.54, 1.807) is 23.1 Å². The Labute approximate surface area is 143 Å². The minimum absolute atomic E-state index is 0.286. The lowest BCUT2D eigenvalue weighted by molar-refractivity contribution is 0.117. The number of nitrogens with zero attached hydrogens (tertiary/aromatic N) is 3. The third-order valence-corrected chi connectivity index (χ3v) is 4.50. The number of nitrogens with one attached hydrogen (secondary N) is 2. The molecule has 4 rings (SSSR count). The third-order valence-electron chi connectivity index (χ3n) is 4.50. The van der Waals surface area contributed by atoms with Crippen LogP contribution in [0.25, 0.3) is 5.57 Å². The first-order chi connectivity index (χ1) is 12.2. The average molecular weight is 343 g/mol. The Bertz CT molecular complexity index is 805. The van der Waals surface area contributed by atoms with Gasteiger partial charge >= 0.3 is 6.09 Å². The molecule has 3 heterocycles. The molecule has 7 nitrogen and oxygen atoms in total. The van der Waals surface area contributed by atoms with Crippen molar-refractivity contribution in [3.05, 3.63) is 53.6 Å². The highest BCUT2D eigenvalue weighted by atomic mass is 19.1. The Morgan fingerprint density at radius 3 is 3.04 bits per heavy atom. The Hall–Kier alpha value is -2.74. The lowest BCUT2D eigenvalue weighted by Gasteiger charge is -2.19. The molecule has 2 aliphatic heterocycles. The highest BCUT2D eigenvalue weighted by molar-refractivity contribution is 5.71. The van der Waals surface area contributed by atoms with E-state index < -0.39 is 18.2 Å². The van der Waals surface area contributed by atoms with E-state index in [9.17, 15) is 9.18 Å². The largest absolute Gasteiger partial charge is 0.442 e. The number of hydrogen-bond donors (Lipinski definition) is 2. The van der Waals surface area contributed by atoms with Crippen LogP contribution in [0.1, 0.15) is 23.6 Å². The standard InChI is InChI=1S/C17H18FN5O2/c18-14-9-12(1-2-13(14)11-3-5-19-6-4-11)16-15(25-17(24)21-16)10-23-8-7-20-22-23/h1-3,7-9,15-16,19H,4-6,10H2,(H,21,24)/t15-,16?/m1/s1. The van der Waals surface area contributed by atoms with Gasteiger partial charge in [0, 0.05) is 18.3 Å². The first kappa shape index (κ1) is 15.8. The molecule has 1 aromatic heterocycles. The van der Waals surface area contributed by atoms with Crippen molar-refractivity contribution in [3.8, 4) is 0 Å². The van der Waals surface area contributed by atoms with Crippen LogP contribution in [-0.2, 0) is 11.3 Å². The maximum absolute atomic E-state index is 14.6. The van der Waals surface area contributed by atoms with Crippen LogP contribution in [0, 0.1) is 5.82 Å². The van der Waals surface area contributed by atoms with E-state index >= 15 is 0 Å². The van der Waals surface area contributed by atoms with E-state index in [-0.39, 0.29) is 5.82 Å². The number of amides is 1. The van der Waals surface area contributed by atoms with Crippen molar-refractivity contribution in [1.29, 1.82) is 0 Å². The summed E-state index contributed by atoms with van der Waals surface area (Å²) in [5, 5.41) is 13.6. The first-order valence-corrected chi connectivity index (χ1v) is 8.21. The quantitative estimate of drug-likeness (QED) is 0.882. The van der Waals surface area contributed by atoms with Crippen LogP contribution in [0.15, 0.2) is 36.7 Å². The van der Waals surface area contributed by atoms with Crippen molar-refractivity contribution < 1.29 is 13.9 Å². The summed E-state index contributed by atoms with van der Waals surface area (Å²) in [6, 6.07) is 4.67. The normalized spacial score (nSPS) is 23.1. The van der Waals surface area contributed by atoms with Crippen molar-refractivity contribution in [2.24, 2.45) is 0 Å². The van der Waals surface area contributed by atoms with Crippen molar-refractivity contribution in [1.82, 2.24) is 25.6 Å². The molecule has 2 aromatic rings. The van der Waals surface area contributed by atoms with E-state index in [4.69, 9.17) is 4.74 Å². The topological polar surface area (TPSA) is 81.1 Å². The number of cyclic esters (lactones) is 1. The lowest BCUT2D eigenvalue weighted by atomic mass is 9.95. The Balaban J connectivity index is 1.58. The Morgan fingerprint density at radius 2 is 2.32 bits per heavy atom. The molecule has 1 amide bonds. The summed E-state index contributed by atoms with van der Waals surface area (Å²) in [6.45, 7) is 1.95. The van der Waals surface area contributed by atoms with Gasteiger partial charge in [0.05, 0.1) is 18.8 Å². The van der Waals surface area contributed by atoms with Gasteiger partial charge in [-0.2, -0.15) is 0 Å². The molecule has 1 unspecified atom stereocenters. The zero-order valence-corrected chi connectivity index (χ0v) is 13.5. The van der Waals surface area contributed by atoms with Gasteiger partial charge in [-0.1, -0.05) is 23.4 Å². The van der Waals surface area contributed by atoms with Gasteiger partial charge in [0.2, 0.25) is 0 Å². The monoisotopic (exact) mass is 343 g/mol. The number of benzene rings is 1. The van der Waals surface area contributed by atoms with E-state index in [0.717, 1.165) is 25.1 Å². The maximum Gasteiger partial charge on any atom is 0.408 e. The predicted molar refractivity (Wildman–Crippen MR) is 88.0 cm³/mol. The smallest absolute Gasteiger partial charge is 0.408 e. The van der Waals surface area contributed by atoms with Crippen molar-refractivity contribution >= 4 is 11.7 Å². The predicted octanol–water partition coefficient (Wildman–Crippen LogP) is 1.64. The van der Waals surface area contributed by atoms with E-state index in [1.807, 2.05) is 12.1 Å². The number of carbonyl (C=O) groups excluding carboxylic acids is 1. The molecule has 130 valence electrons. The zero-order chi connectivity index (χ0) is 17.2. The van der Waals surface area contributed by atoms with E-state index in [0.29, 0.717) is 17.7 Å². The van der Waals surface area contributed by atoms with Crippen molar-refractivity contribution in [2.45, 2.75) is 25.1 Å². The second-order valence-corrected chi connectivity index (χ2v) is 6.11. The fourth-order valence-electron chi connectivity index (χ4n) is 3.27. The molecule has 25 heavy (non-hydrogen) atoms. The van der Waals surface area contributed by atoms with Crippen molar-refractivity contribution in [2.75, 3.05) is 13.1 Å². The molecule has 0 bridgehead atoms. The maximum atomic E-state index is 14.6. The molecule has 2 aliphatic rings. The van der Waals surface area contributed by atoms with Gasteiger partial charge in [0.1, 0.15) is 11.9 Å². The highest BCUT2D eigenvalue weighted by Gasteiger charge is 2.36. The molecule has 8 heteroatoms.